The average molecular weight is 745 g/mol. The van der Waals surface area contributed by atoms with E-state index >= 15 is 0 Å². The molecule has 0 amide bonds. The molecule has 11 rings (SSSR count). The number of fused-ring (bicyclic) bond motifs is 6. The summed E-state index contributed by atoms with van der Waals surface area (Å²) < 4.78 is 5.04. The molecule has 11 aromatic rings. The standard InChI is InChI=1S/C54H36N2S/c1-4-14-37(15-5-1)39-26-28-43(29-27-39)55(44-31-33-53-49(35-44)47-22-10-11-25-52(47)57-53)45-30-32-48-51(36-45)56(42-20-8-3-9-21-42)50-24-13-23-46(54(48)50)41-19-12-18-40(34-41)38-16-6-2-7-17-38/h1-36H. The first-order valence-corrected chi connectivity index (χ1v) is 20.2. The topological polar surface area (TPSA) is 8.17 Å². The Balaban J connectivity index is 1.14. The van der Waals surface area contributed by atoms with Crippen LogP contribution < -0.4 is 4.90 Å². The quantitative estimate of drug-likeness (QED) is 0.158. The van der Waals surface area contributed by atoms with Crippen LogP contribution in [0.15, 0.2) is 218 Å². The van der Waals surface area contributed by atoms with Crippen LogP contribution in [0.3, 0.4) is 0 Å². The SMILES string of the molecule is c1ccc(-c2ccc(N(c3ccc4sc5ccccc5c4c3)c3ccc4c5c(-c6cccc(-c7ccccc7)c6)cccc5n(-c5ccccc5)c4c3)cc2)cc1. The molecule has 0 aliphatic rings. The van der Waals surface area contributed by atoms with Gasteiger partial charge in [-0.05, 0) is 106 Å². The van der Waals surface area contributed by atoms with Crippen molar-refractivity contribution >= 4 is 70.4 Å². The van der Waals surface area contributed by atoms with Crippen molar-refractivity contribution in [3.63, 3.8) is 0 Å². The van der Waals surface area contributed by atoms with Gasteiger partial charge in [-0.2, -0.15) is 0 Å². The second-order valence-corrected chi connectivity index (χ2v) is 15.6. The fraction of sp³-hybridized carbons (Fsp3) is 0. The third-order valence-corrected chi connectivity index (χ3v) is 12.3. The molecular weight excluding hydrogens is 709 g/mol. The number of rotatable bonds is 7. The molecule has 0 spiro atoms. The van der Waals surface area contributed by atoms with Crippen molar-refractivity contribution in [3.05, 3.63) is 218 Å². The maximum atomic E-state index is 2.44. The summed E-state index contributed by atoms with van der Waals surface area (Å²) in [6.45, 7) is 0. The molecular formula is C54H36N2S. The lowest BCUT2D eigenvalue weighted by Gasteiger charge is -2.26. The number of aromatic nitrogens is 1. The van der Waals surface area contributed by atoms with Gasteiger partial charge in [0.15, 0.2) is 0 Å². The van der Waals surface area contributed by atoms with E-state index in [9.17, 15) is 0 Å². The van der Waals surface area contributed by atoms with Crippen LogP contribution in [-0.4, -0.2) is 4.57 Å². The molecule has 9 aromatic carbocycles. The number of benzene rings is 9. The first-order chi connectivity index (χ1) is 28.3. The van der Waals surface area contributed by atoms with Crippen molar-refractivity contribution in [1.82, 2.24) is 4.57 Å². The molecule has 0 atom stereocenters. The Bertz CT molecular complexity index is 3220. The fourth-order valence-corrected chi connectivity index (χ4v) is 9.61. The van der Waals surface area contributed by atoms with Crippen LogP contribution in [0, 0.1) is 0 Å². The largest absolute Gasteiger partial charge is 0.310 e. The zero-order valence-corrected chi connectivity index (χ0v) is 31.9. The highest BCUT2D eigenvalue weighted by Crippen LogP contribution is 2.45. The van der Waals surface area contributed by atoms with Crippen molar-refractivity contribution in [2.75, 3.05) is 4.90 Å². The molecule has 0 bridgehead atoms. The van der Waals surface area contributed by atoms with Gasteiger partial charge in [0.2, 0.25) is 0 Å². The van der Waals surface area contributed by atoms with Gasteiger partial charge in [0.25, 0.3) is 0 Å². The Labute approximate surface area is 335 Å². The van der Waals surface area contributed by atoms with E-state index in [1.165, 1.54) is 69.8 Å². The van der Waals surface area contributed by atoms with Crippen LogP contribution in [0.4, 0.5) is 17.1 Å². The fourth-order valence-electron chi connectivity index (χ4n) is 8.52. The molecule has 2 nitrogen and oxygen atoms in total. The van der Waals surface area contributed by atoms with Crippen molar-refractivity contribution in [2.24, 2.45) is 0 Å². The van der Waals surface area contributed by atoms with E-state index in [0.29, 0.717) is 0 Å². The average Bonchev–Trinajstić information content (AvgIpc) is 3.83. The van der Waals surface area contributed by atoms with E-state index in [1.54, 1.807) is 0 Å². The highest BCUT2D eigenvalue weighted by molar-refractivity contribution is 7.25. The lowest BCUT2D eigenvalue weighted by molar-refractivity contribution is 1.18. The highest BCUT2D eigenvalue weighted by atomic mass is 32.1. The van der Waals surface area contributed by atoms with Crippen molar-refractivity contribution < 1.29 is 0 Å². The Morgan fingerprint density at radius 3 is 1.70 bits per heavy atom. The second-order valence-electron chi connectivity index (χ2n) is 14.5. The summed E-state index contributed by atoms with van der Waals surface area (Å²) in [7, 11) is 0. The zero-order valence-electron chi connectivity index (χ0n) is 31.1. The first-order valence-electron chi connectivity index (χ1n) is 19.4. The van der Waals surface area contributed by atoms with E-state index in [-0.39, 0.29) is 0 Å². The molecule has 2 aromatic heterocycles. The first kappa shape index (κ1) is 33.2. The van der Waals surface area contributed by atoms with Crippen LogP contribution in [0.1, 0.15) is 0 Å². The lowest BCUT2D eigenvalue weighted by Crippen LogP contribution is -2.10. The zero-order chi connectivity index (χ0) is 37.7. The van der Waals surface area contributed by atoms with Crippen molar-refractivity contribution in [1.29, 1.82) is 0 Å². The summed E-state index contributed by atoms with van der Waals surface area (Å²) in [4.78, 5) is 2.41. The summed E-state index contributed by atoms with van der Waals surface area (Å²) in [6, 6.07) is 79.4. The van der Waals surface area contributed by atoms with Gasteiger partial charge in [-0.15, -0.1) is 11.3 Å². The Kier molecular flexibility index (Phi) is 8.04. The minimum absolute atomic E-state index is 1.10. The predicted molar refractivity (Wildman–Crippen MR) is 245 cm³/mol. The molecule has 0 aliphatic carbocycles. The molecule has 0 saturated heterocycles. The van der Waals surface area contributed by atoms with Crippen LogP contribution in [0.5, 0.6) is 0 Å². The number of anilines is 3. The van der Waals surface area contributed by atoms with E-state index in [4.69, 9.17) is 0 Å². The summed E-state index contributed by atoms with van der Waals surface area (Å²) in [6.07, 6.45) is 0. The second kappa shape index (κ2) is 13.8. The molecule has 0 fully saturated rings. The van der Waals surface area contributed by atoms with E-state index in [2.05, 4.69) is 228 Å². The highest BCUT2D eigenvalue weighted by Gasteiger charge is 2.21. The summed E-state index contributed by atoms with van der Waals surface area (Å²) >= 11 is 1.85. The van der Waals surface area contributed by atoms with E-state index in [0.717, 1.165) is 28.3 Å². The smallest absolute Gasteiger partial charge is 0.0562 e. The summed E-state index contributed by atoms with van der Waals surface area (Å²) in [5.74, 6) is 0. The van der Waals surface area contributed by atoms with Gasteiger partial charge in [0.05, 0.1) is 11.0 Å². The van der Waals surface area contributed by atoms with Gasteiger partial charge in [0, 0.05) is 53.7 Å². The summed E-state index contributed by atoms with van der Waals surface area (Å²) in [5.41, 5.74) is 14.1. The minimum atomic E-state index is 1.10. The molecule has 0 unspecified atom stereocenters. The Morgan fingerprint density at radius 1 is 0.333 bits per heavy atom. The number of para-hydroxylation sites is 1. The van der Waals surface area contributed by atoms with E-state index < -0.39 is 0 Å². The van der Waals surface area contributed by atoms with Crippen LogP contribution in [0.25, 0.3) is 81.0 Å². The molecule has 0 radical (unpaired) electrons. The predicted octanol–water partition coefficient (Wildman–Crippen LogP) is 15.6. The molecule has 0 aliphatic heterocycles. The van der Waals surface area contributed by atoms with Gasteiger partial charge >= 0.3 is 0 Å². The molecule has 57 heavy (non-hydrogen) atoms. The van der Waals surface area contributed by atoms with Crippen LogP contribution in [0.2, 0.25) is 0 Å². The van der Waals surface area contributed by atoms with Gasteiger partial charge < -0.3 is 9.47 Å². The normalized spacial score (nSPS) is 11.5. The van der Waals surface area contributed by atoms with Gasteiger partial charge in [-0.25, -0.2) is 0 Å². The minimum Gasteiger partial charge on any atom is -0.310 e. The molecule has 0 saturated carbocycles. The summed E-state index contributed by atoms with van der Waals surface area (Å²) in [5, 5.41) is 5.04. The molecule has 2 heterocycles. The third-order valence-electron chi connectivity index (χ3n) is 11.2. The van der Waals surface area contributed by atoms with Crippen LogP contribution in [-0.2, 0) is 0 Å². The number of hydrogen-bond acceptors (Lipinski definition) is 2. The monoisotopic (exact) mass is 744 g/mol. The van der Waals surface area contributed by atoms with Gasteiger partial charge in [-0.3, -0.25) is 0 Å². The van der Waals surface area contributed by atoms with Gasteiger partial charge in [-0.1, -0.05) is 146 Å². The van der Waals surface area contributed by atoms with Crippen molar-refractivity contribution in [2.45, 2.75) is 0 Å². The number of hydrogen-bond donors (Lipinski definition) is 0. The van der Waals surface area contributed by atoms with E-state index in [1.807, 2.05) is 11.3 Å². The Hall–Kier alpha value is -7.20. The maximum Gasteiger partial charge on any atom is 0.0562 e. The third kappa shape index (κ3) is 5.80. The number of thiophene rings is 1. The molecule has 268 valence electrons. The maximum absolute atomic E-state index is 2.44. The number of nitrogens with zero attached hydrogens (tertiary/aromatic N) is 2. The van der Waals surface area contributed by atoms with Gasteiger partial charge in [0.1, 0.15) is 0 Å². The Morgan fingerprint density at radius 2 is 0.912 bits per heavy atom. The van der Waals surface area contributed by atoms with Crippen LogP contribution >= 0.6 is 11.3 Å². The molecule has 3 heteroatoms. The van der Waals surface area contributed by atoms with Crippen molar-refractivity contribution in [3.8, 4) is 39.1 Å². The molecule has 0 N–H and O–H groups in total. The lowest BCUT2D eigenvalue weighted by atomic mass is 9.96.